The summed E-state index contributed by atoms with van der Waals surface area (Å²) in [7, 11) is 0. The number of fused-ring (bicyclic) bond motifs is 1. The predicted octanol–water partition coefficient (Wildman–Crippen LogP) is 1.28. The SMILES string of the molecule is CCc1cnc(-n2ncnc2C)c2[nH]cc(C(=O)C(=O)O)c12. The topological polar surface area (TPSA) is 114 Å². The molecule has 0 spiro atoms. The minimum Gasteiger partial charge on any atom is -0.475 e. The van der Waals surface area contributed by atoms with Crippen LogP contribution in [0.3, 0.4) is 0 Å². The molecule has 8 heteroatoms. The third kappa shape index (κ3) is 1.96. The number of hydrogen-bond donors (Lipinski definition) is 2. The number of nitrogens with one attached hydrogen (secondary N) is 1. The van der Waals surface area contributed by atoms with Crippen molar-refractivity contribution in [2.45, 2.75) is 20.3 Å². The zero-order valence-corrected chi connectivity index (χ0v) is 12.0. The van der Waals surface area contributed by atoms with Gasteiger partial charge in [0.05, 0.1) is 11.1 Å². The maximum Gasteiger partial charge on any atom is 0.377 e. The molecular weight excluding hydrogens is 286 g/mol. The van der Waals surface area contributed by atoms with E-state index in [1.807, 2.05) is 6.92 Å². The van der Waals surface area contributed by atoms with E-state index >= 15 is 0 Å². The molecule has 3 aromatic heterocycles. The van der Waals surface area contributed by atoms with Gasteiger partial charge in [0.2, 0.25) is 0 Å². The molecule has 0 fully saturated rings. The Kier molecular flexibility index (Phi) is 3.21. The largest absolute Gasteiger partial charge is 0.475 e. The number of rotatable bonds is 4. The number of aliphatic carboxylic acids is 1. The van der Waals surface area contributed by atoms with Crippen LogP contribution in [0.5, 0.6) is 0 Å². The van der Waals surface area contributed by atoms with Gasteiger partial charge >= 0.3 is 5.97 Å². The summed E-state index contributed by atoms with van der Waals surface area (Å²) < 4.78 is 1.54. The fourth-order valence-corrected chi connectivity index (χ4v) is 2.43. The van der Waals surface area contributed by atoms with Crippen LogP contribution in [0.15, 0.2) is 18.7 Å². The van der Waals surface area contributed by atoms with Crippen molar-refractivity contribution in [2.75, 3.05) is 0 Å². The molecule has 0 saturated carbocycles. The highest BCUT2D eigenvalue weighted by atomic mass is 16.4. The number of ketones is 1. The van der Waals surface area contributed by atoms with E-state index in [1.165, 1.54) is 17.2 Å². The van der Waals surface area contributed by atoms with E-state index < -0.39 is 11.8 Å². The second kappa shape index (κ2) is 5.06. The molecule has 8 nitrogen and oxygen atoms in total. The van der Waals surface area contributed by atoms with Crippen LogP contribution >= 0.6 is 0 Å². The first kappa shape index (κ1) is 13.9. The highest BCUT2D eigenvalue weighted by molar-refractivity contribution is 6.42. The van der Waals surface area contributed by atoms with Gasteiger partial charge in [0.1, 0.15) is 12.2 Å². The minimum atomic E-state index is -1.49. The summed E-state index contributed by atoms with van der Waals surface area (Å²) in [5.41, 5.74) is 1.49. The van der Waals surface area contributed by atoms with Gasteiger partial charge in [-0.15, -0.1) is 0 Å². The van der Waals surface area contributed by atoms with Gasteiger partial charge in [-0.25, -0.2) is 14.8 Å². The van der Waals surface area contributed by atoms with Crippen molar-refractivity contribution in [3.8, 4) is 5.82 Å². The molecule has 3 aromatic rings. The second-order valence-electron chi connectivity index (χ2n) is 4.77. The third-order valence-corrected chi connectivity index (χ3v) is 3.51. The molecule has 0 radical (unpaired) electrons. The van der Waals surface area contributed by atoms with Crippen molar-refractivity contribution in [2.24, 2.45) is 0 Å². The molecule has 0 amide bonds. The summed E-state index contributed by atoms with van der Waals surface area (Å²) in [4.78, 5) is 34.2. The number of hydrogen-bond acceptors (Lipinski definition) is 5. The first-order chi connectivity index (χ1) is 10.5. The van der Waals surface area contributed by atoms with E-state index in [0.717, 1.165) is 5.56 Å². The molecule has 0 saturated heterocycles. The van der Waals surface area contributed by atoms with Crippen LogP contribution < -0.4 is 0 Å². The molecule has 0 bridgehead atoms. The Hall–Kier alpha value is -3.03. The first-order valence-electron chi connectivity index (χ1n) is 6.68. The lowest BCUT2D eigenvalue weighted by molar-refractivity contribution is -0.131. The van der Waals surface area contributed by atoms with E-state index in [-0.39, 0.29) is 5.56 Å². The minimum absolute atomic E-state index is 0.126. The van der Waals surface area contributed by atoms with Crippen LogP contribution in [-0.2, 0) is 11.2 Å². The number of aromatic nitrogens is 5. The van der Waals surface area contributed by atoms with Gasteiger partial charge < -0.3 is 10.1 Å². The second-order valence-corrected chi connectivity index (χ2v) is 4.77. The van der Waals surface area contributed by atoms with Crippen molar-refractivity contribution in [3.63, 3.8) is 0 Å². The highest BCUT2D eigenvalue weighted by Gasteiger charge is 2.23. The van der Waals surface area contributed by atoms with Crippen molar-refractivity contribution < 1.29 is 14.7 Å². The smallest absolute Gasteiger partial charge is 0.377 e. The summed E-state index contributed by atoms with van der Waals surface area (Å²) in [6.45, 7) is 3.69. The van der Waals surface area contributed by atoms with Crippen LogP contribution in [0.25, 0.3) is 16.7 Å². The number of aromatic amines is 1. The van der Waals surface area contributed by atoms with Crippen molar-refractivity contribution in [3.05, 3.63) is 35.7 Å². The Bertz CT molecular complexity index is 893. The maximum absolute atomic E-state index is 11.9. The molecule has 22 heavy (non-hydrogen) atoms. The molecule has 0 aliphatic rings. The zero-order chi connectivity index (χ0) is 15.9. The average molecular weight is 299 g/mol. The molecule has 0 aliphatic heterocycles. The number of pyridine rings is 1. The molecule has 0 unspecified atom stereocenters. The van der Waals surface area contributed by atoms with Gasteiger partial charge in [0.15, 0.2) is 5.82 Å². The van der Waals surface area contributed by atoms with Crippen molar-refractivity contribution in [1.29, 1.82) is 0 Å². The Balaban J connectivity index is 2.34. The molecule has 3 rings (SSSR count). The van der Waals surface area contributed by atoms with Gasteiger partial charge in [-0.2, -0.15) is 9.78 Å². The van der Waals surface area contributed by atoms with Gasteiger partial charge in [-0.05, 0) is 18.9 Å². The molecule has 3 heterocycles. The van der Waals surface area contributed by atoms with Gasteiger partial charge in [-0.3, -0.25) is 4.79 Å². The number of carboxylic acids is 1. The summed E-state index contributed by atoms with van der Waals surface area (Å²) >= 11 is 0. The fourth-order valence-electron chi connectivity index (χ4n) is 2.43. The normalized spacial score (nSPS) is 11.0. The van der Waals surface area contributed by atoms with Gasteiger partial charge in [0.25, 0.3) is 5.78 Å². The van der Waals surface area contributed by atoms with E-state index in [0.29, 0.717) is 29.0 Å². The van der Waals surface area contributed by atoms with Crippen LogP contribution in [-0.4, -0.2) is 41.6 Å². The molecule has 0 aliphatic carbocycles. The van der Waals surface area contributed by atoms with E-state index in [9.17, 15) is 9.59 Å². The average Bonchev–Trinajstić information content (AvgIpc) is 3.12. The monoisotopic (exact) mass is 299 g/mol. The molecule has 0 atom stereocenters. The number of Topliss-reactive ketones (excluding diaryl/α,β-unsaturated/α-hetero) is 1. The predicted molar refractivity (Wildman–Crippen MR) is 77.1 cm³/mol. The lowest BCUT2D eigenvalue weighted by Gasteiger charge is -2.07. The Morgan fingerprint density at radius 2 is 2.14 bits per heavy atom. The lowest BCUT2D eigenvalue weighted by atomic mass is 10.0. The van der Waals surface area contributed by atoms with Gasteiger partial charge in [-0.1, -0.05) is 6.92 Å². The highest BCUT2D eigenvalue weighted by Crippen LogP contribution is 2.27. The Morgan fingerprint density at radius 3 is 2.73 bits per heavy atom. The summed E-state index contributed by atoms with van der Waals surface area (Å²) in [5.74, 6) is -1.32. The fraction of sp³-hybridized carbons (Fsp3) is 0.214. The molecular formula is C14H13N5O3. The summed E-state index contributed by atoms with van der Waals surface area (Å²) in [6, 6.07) is 0. The number of H-pyrrole nitrogens is 1. The molecule has 112 valence electrons. The number of carbonyl (C=O) groups excluding carboxylic acids is 1. The van der Waals surface area contributed by atoms with Crippen molar-refractivity contribution in [1.82, 2.24) is 24.7 Å². The standard InChI is InChI=1S/C14H13N5O3/c1-3-8-4-16-13(19-7(2)17-6-18-19)11-10(8)9(5-15-11)12(20)14(21)22/h4-6,15H,3H2,1-2H3,(H,21,22). The summed E-state index contributed by atoms with van der Waals surface area (Å²) in [5, 5.41) is 13.6. The number of carbonyl (C=O) groups is 2. The van der Waals surface area contributed by atoms with E-state index in [1.54, 1.807) is 13.1 Å². The Morgan fingerprint density at radius 1 is 1.36 bits per heavy atom. The molecule has 2 N–H and O–H groups in total. The van der Waals surface area contributed by atoms with E-state index in [4.69, 9.17) is 5.11 Å². The molecule has 0 aromatic carbocycles. The van der Waals surface area contributed by atoms with Gasteiger partial charge in [0, 0.05) is 17.8 Å². The maximum atomic E-state index is 11.9. The Labute approximate surface area is 124 Å². The zero-order valence-electron chi connectivity index (χ0n) is 12.0. The number of nitrogens with zero attached hydrogens (tertiary/aromatic N) is 4. The quantitative estimate of drug-likeness (QED) is 0.554. The number of aryl methyl sites for hydroxylation is 2. The van der Waals surface area contributed by atoms with Crippen LogP contribution in [0.4, 0.5) is 0 Å². The van der Waals surface area contributed by atoms with Crippen LogP contribution in [0.2, 0.25) is 0 Å². The van der Waals surface area contributed by atoms with Crippen LogP contribution in [0, 0.1) is 6.92 Å². The third-order valence-electron chi connectivity index (χ3n) is 3.51. The van der Waals surface area contributed by atoms with Crippen molar-refractivity contribution >= 4 is 22.7 Å². The lowest BCUT2D eigenvalue weighted by Crippen LogP contribution is -2.12. The van der Waals surface area contributed by atoms with Crippen LogP contribution in [0.1, 0.15) is 28.7 Å². The van der Waals surface area contributed by atoms with E-state index in [2.05, 4.69) is 20.1 Å². The number of carboxylic acid groups (broad SMARTS) is 1. The summed E-state index contributed by atoms with van der Waals surface area (Å²) in [6.07, 6.45) is 5.06. The first-order valence-corrected chi connectivity index (χ1v) is 6.68.